The quantitative estimate of drug-likeness (QED) is 0.755. The van der Waals surface area contributed by atoms with Gasteiger partial charge in [-0.15, -0.1) is 11.3 Å². The fourth-order valence-corrected chi connectivity index (χ4v) is 3.40. The number of rotatable bonds is 8. The zero-order valence-corrected chi connectivity index (χ0v) is 13.2. The summed E-state index contributed by atoms with van der Waals surface area (Å²) in [6.45, 7) is 3.12. The maximum atomic E-state index is 9.77. The second kappa shape index (κ2) is 8.34. The van der Waals surface area contributed by atoms with Crippen LogP contribution in [0, 0.1) is 0 Å². The van der Waals surface area contributed by atoms with Crippen molar-refractivity contribution in [3.05, 3.63) is 20.8 Å². The Morgan fingerprint density at radius 2 is 2.53 bits per heavy atom. The minimum Gasteiger partial charge on any atom is -0.389 e. The van der Waals surface area contributed by atoms with Gasteiger partial charge in [-0.2, -0.15) is 0 Å². The standard InChI is InChI=1S/C13H20BrNO3S/c14-10-4-13(19-9-10)6-15-5-11(16)7-17-8-12-2-1-3-18-12/h4,9,11-12,15-16H,1-3,5-8H2. The summed E-state index contributed by atoms with van der Waals surface area (Å²) >= 11 is 5.12. The zero-order chi connectivity index (χ0) is 13.5. The van der Waals surface area contributed by atoms with E-state index < -0.39 is 6.10 Å². The lowest BCUT2D eigenvalue weighted by molar-refractivity contribution is -0.0164. The molecule has 1 fully saturated rings. The molecule has 1 aliphatic heterocycles. The Morgan fingerprint density at radius 3 is 3.21 bits per heavy atom. The lowest BCUT2D eigenvalue weighted by Crippen LogP contribution is -2.31. The van der Waals surface area contributed by atoms with E-state index in [0.29, 0.717) is 19.8 Å². The molecule has 0 radical (unpaired) electrons. The van der Waals surface area contributed by atoms with Crippen molar-refractivity contribution < 1.29 is 14.6 Å². The highest BCUT2D eigenvalue weighted by molar-refractivity contribution is 9.10. The highest BCUT2D eigenvalue weighted by atomic mass is 79.9. The number of hydrogen-bond donors (Lipinski definition) is 2. The predicted octanol–water partition coefficient (Wildman–Crippen LogP) is 2.16. The van der Waals surface area contributed by atoms with Crippen LogP contribution in [0.5, 0.6) is 0 Å². The summed E-state index contributed by atoms with van der Waals surface area (Å²) in [5.74, 6) is 0. The number of thiophene rings is 1. The Kier molecular flexibility index (Phi) is 6.76. The van der Waals surface area contributed by atoms with E-state index in [4.69, 9.17) is 9.47 Å². The second-order valence-electron chi connectivity index (χ2n) is 4.69. The molecule has 2 atom stereocenters. The maximum absolute atomic E-state index is 9.77. The van der Waals surface area contributed by atoms with Crippen molar-refractivity contribution in [3.8, 4) is 0 Å². The summed E-state index contributed by atoms with van der Waals surface area (Å²) in [5.41, 5.74) is 0. The molecule has 1 aliphatic rings. The van der Waals surface area contributed by atoms with Gasteiger partial charge in [0.1, 0.15) is 0 Å². The first-order valence-electron chi connectivity index (χ1n) is 6.55. The molecular formula is C13H20BrNO3S. The molecule has 6 heteroatoms. The van der Waals surface area contributed by atoms with Crippen LogP contribution in [0.2, 0.25) is 0 Å². The Hall–Kier alpha value is 0.0200. The van der Waals surface area contributed by atoms with E-state index in [-0.39, 0.29) is 6.10 Å². The van der Waals surface area contributed by atoms with Crippen LogP contribution in [0.3, 0.4) is 0 Å². The lowest BCUT2D eigenvalue weighted by atomic mass is 10.2. The number of aliphatic hydroxyl groups excluding tert-OH is 1. The Labute approximate surface area is 126 Å². The third-order valence-corrected chi connectivity index (χ3v) is 4.64. The summed E-state index contributed by atoms with van der Waals surface area (Å²) in [4.78, 5) is 1.25. The number of nitrogens with one attached hydrogen (secondary N) is 1. The van der Waals surface area contributed by atoms with Gasteiger partial charge in [-0.1, -0.05) is 0 Å². The normalized spacial score (nSPS) is 20.8. The summed E-state index contributed by atoms with van der Waals surface area (Å²) in [5, 5.41) is 15.0. The number of hydrogen-bond acceptors (Lipinski definition) is 5. The molecule has 0 saturated carbocycles. The first-order chi connectivity index (χ1) is 9.24. The smallest absolute Gasteiger partial charge is 0.0897 e. The topological polar surface area (TPSA) is 50.7 Å². The first kappa shape index (κ1) is 15.4. The maximum Gasteiger partial charge on any atom is 0.0897 e. The molecule has 1 aromatic heterocycles. The van der Waals surface area contributed by atoms with E-state index in [1.165, 1.54) is 4.88 Å². The van der Waals surface area contributed by atoms with Gasteiger partial charge in [-0.25, -0.2) is 0 Å². The third kappa shape index (κ3) is 5.89. The van der Waals surface area contributed by atoms with Gasteiger partial charge >= 0.3 is 0 Å². The van der Waals surface area contributed by atoms with Crippen LogP contribution in [0.25, 0.3) is 0 Å². The molecule has 2 unspecified atom stereocenters. The molecule has 2 N–H and O–H groups in total. The fourth-order valence-electron chi connectivity index (χ4n) is 1.98. The van der Waals surface area contributed by atoms with E-state index in [1.807, 2.05) is 0 Å². The van der Waals surface area contributed by atoms with Crippen molar-refractivity contribution in [2.75, 3.05) is 26.4 Å². The molecule has 19 heavy (non-hydrogen) atoms. The number of halogens is 1. The lowest BCUT2D eigenvalue weighted by Gasteiger charge is -2.14. The van der Waals surface area contributed by atoms with Gasteiger partial charge in [0.2, 0.25) is 0 Å². The van der Waals surface area contributed by atoms with Gasteiger partial charge < -0.3 is 19.9 Å². The number of aliphatic hydroxyl groups is 1. The van der Waals surface area contributed by atoms with E-state index in [0.717, 1.165) is 30.5 Å². The minimum absolute atomic E-state index is 0.226. The van der Waals surface area contributed by atoms with Crippen LogP contribution in [0.1, 0.15) is 17.7 Å². The van der Waals surface area contributed by atoms with Crippen molar-refractivity contribution in [3.63, 3.8) is 0 Å². The van der Waals surface area contributed by atoms with Crippen molar-refractivity contribution in [1.82, 2.24) is 5.32 Å². The van der Waals surface area contributed by atoms with Crippen molar-refractivity contribution in [2.24, 2.45) is 0 Å². The summed E-state index contributed by atoms with van der Waals surface area (Å²) in [6, 6.07) is 2.08. The van der Waals surface area contributed by atoms with Crippen LogP contribution in [-0.2, 0) is 16.0 Å². The molecule has 4 nitrogen and oxygen atoms in total. The third-order valence-electron chi connectivity index (χ3n) is 2.94. The van der Waals surface area contributed by atoms with Crippen molar-refractivity contribution in [1.29, 1.82) is 0 Å². The largest absolute Gasteiger partial charge is 0.389 e. The molecule has 0 aliphatic carbocycles. The minimum atomic E-state index is -0.468. The monoisotopic (exact) mass is 349 g/mol. The van der Waals surface area contributed by atoms with E-state index in [1.54, 1.807) is 11.3 Å². The van der Waals surface area contributed by atoms with E-state index in [2.05, 4.69) is 32.7 Å². The average molecular weight is 350 g/mol. The highest BCUT2D eigenvalue weighted by Crippen LogP contribution is 2.19. The molecule has 0 aromatic carbocycles. The molecule has 0 amide bonds. The predicted molar refractivity (Wildman–Crippen MR) is 79.5 cm³/mol. The Morgan fingerprint density at radius 1 is 1.63 bits per heavy atom. The molecule has 2 heterocycles. The molecule has 0 spiro atoms. The summed E-state index contributed by atoms with van der Waals surface area (Å²) < 4.78 is 12.0. The van der Waals surface area contributed by atoms with Crippen LogP contribution < -0.4 is 5.32 Å². The first-order valence-corrected chi connectivity index (χ1v) is 8.22. The van der Waals surface area contributed by atoms with Crippen molar-refractivity contribution >= 4 is 27.3 Å². The molecule has 1 aromatic rings. The SMILES string of the molecule is OC(CNCc1cc(Br)cs1)COCC1CCCO1. The van der Waals surface area contributed by atoms with E-state index >= 15 is 0 Å². The molecule has 108 valence electrons. The molecular weight excluding hydrogens is 330 g/mol. The van der Waals surface area contributed by atoms with E-state index in [9.17, 15) is 5.11 Å². The van der Waals surface area contributed by atoms with Crippen LogP contribution in [-0.4, -0.2) is 43.7 Å². The Bertz CT molecular complexity index is 369. The van der Waals surface area contributed by atoms with Gasteiger partial charge in [0.15, 0.2) is 0 Å². The zero-order valence-electron chi connectivity index (χ0n) is 10.8. The van der Waals surface area contributed by atoms with Crippen LogP contribution in [0.15, 0.2) is 15.9 Å². The van der Waals surface area contributed by atoms with Gasteiger partial charge in [-0.3, -0.25) is 0 Å². The molecule has 0 bridgehead atoms. The fraction of sp³-hybridized carbons (Fsp3) is 0.692. The Balaban J connectivity index is 1.50. The number of ether oxygens (including phenoxy) is 2. The summed E-state index contributed by atoms with van der Waals surface area (Å²) in [6.07, 6.45) is 1.95. The van der Waals surface area contributed by atoms with Crippen LogP contribution >= 0.6 is 27.3 Å². The molecule has 2 rings (SSSR count). The second-order valence-corrected chi connectivity index (χ2v) is 6.60. The van der Waals surface area contributed by atoms with Crippen molar-refractivity contribution in [2.45, 2.75) is 31.6 Å². The highest BCUT2D eigenvalue weighted by Gasteiger charge is 2.16. The average Bonchev–Trinajstić information content (AvgIpc) is 3.01. The van der Waals surface area contributed by atoms with Gasteiger partial charge in [0.25, 0.3) is 0 Å². The molecule has 1 saturated heterocycles. The summed E-state index contributed by atoms with van der Waals surface area (Å²) in [7, 11) is 0. The van der Waals surface area contributed by atoms with Crippen LogP contribution in [0.4, 0.5) is 0 Å². The van der Waals surface area contributed by atoms with Gasteiger partial charge in [-0.05, 0) is 34.8 Å². The van der Waals surface area contributed by atoms with Gasteiger partial charge in [0.05, 0.1) is 25.4 Å². The van der Waals surface area contributed by atoms with Gasteiger partial charge in [0, 0.05) is 34.4 Å².